The highest BCUT2D eigenvalue weighted by molar-refractivity contribution is 7.89. The van der Waals surface area contributed by atoms with Crippen LogP contribution in [0.2, 0.25) is 0 Å². The minimum absolute atomic E-state index is 0.0749. The summed E-state index contributed by atoms with van der Waals surface area (Å²) in [6, 6.07) is 16.2. The van der Waals surface area contributed by atoms with E-state index in [-0.39, 0.29) is 17.3 Å². The van der Waals surface area contributed by atoms with Crippen LogP contribution in [-0.4, -0.2) is 62.7 Å². The van der Waals surface area contributed by atoms with Crippen molar-refractivity contribution >= 4 is 21.1 Å². The van der Waals surface area contributed by atoms with Gasteiger partial charge in [-0.2, -0.15) is 0 Å². The number of nitrogens with zero attached hydrogens (tertiary/aromatic N) is 3. The molecule has 4 aromatic rings. The van der Waals surface area contributed by atoms with Gasteiger partial charge in [0.1, 0.15) is 11.6 Å². The van der Waals surface area contributed by atoms with Gasteiger partial charge in [0, 0.05) is 37.3 Å². The van der Waals surface area contributed by atoms with Crippen LogP contribution >= 0.6 is 0 Å². The first kappa shape index (κ1) is 24.4. The van der Waals surface area contributed by atoms with E-state index < -0.39 is 15.8 Å². The summed E-state index contributed by atoms with van der Waals surface area (Å²) in [4.78, 5) is 11.6. The Balaban J connectivity index is 1.49. The van der Waals surface area contributed by atoms with Crippen molar-refractivity contribution in [1.29, 1.82) is 0 Å². The molecule has 0 saturated carbocycles. The number of rotatable bonds is 7. The van der Waals surface area contributed by atoms with Crippen molar-refractivity contribution in [2.75, 3.05) is 39.4 Å². The van der Waals surface area contributed by atoms with E-state index in [4.69, 9.17) is 14.7 Å². The van der Waals surface area contributed by atoms with E-state index in [1.165, 1.54) is 36.4 Å². The Morgan fingerprint density at radius 3 is 1.94 bits per heavy atom. The lowest BCUT2D eigenvalue weighted by Gasteiger charge is -2.26. The lowest BCUT2D eigenvalue weighted by atomic mass is 10.0. The number of morpholine rings is 1. The van der Waals surface area contributed by atoms with Gasteiger partial charge in [-0.15, -0.1) is 0 Å². The number of benzene rings is 3. The Hall–Kier alpha value is -3.31. The van der Waals surface area contributed by atoms with Gasteiger partial charge >= 0.3 is 0 Å². The van der Waals surface area contributed by atoms with Gasteiger partial charge in [0.15, 0.2) is 0 Å². The number of fused-ring (bicyclic) bond motifs is 1. The van der Waals surface area contributed by atoms with Gasteiger partial charge < -0.3 is 4.74 Å². The summed E-state index contributed by atoms with van der Waals surface area (Å²) in [5, 5.41) is 0. The predicted molar refractivity (Wildman–Crippen MR) is 133 cm³/mol. The van der Waals surface area contributed by atoms with Crippen molar-refractivity contribution in [1.82, 2.24) is 19.6 Å². The number of hydrogen-bond acceptors (Lipinski definition) is 6. The van der Waals surface area contributed by atoms with Crippen molar-refractivity contribution in [2.45, 2.75) is 4.90 Å². The van der Waals surface area contributed by atoms with Gasteiger partial charge in [-0.25, -0.2) is 31.9 Å². The molecule has 3 aromatic carbocycles. The molecule has 1 saturated heterocycles. The molecule has 0 radical (unpaired) electrons. The molecule has 1 aliphatic heterocycles. The molecule has 0 spiro atoms. The Morgan fingerprint density at radius 1 is 0.806 bits per heavy atom. The van der Waals surface area contributed by atoms with E-state index in [9.17, 15) is 17.2 Å². The normalized spacial score (nSPS) is 14.8. The highest BCUT2D eigenvalue weighted by Gasteiger charge is 2.19. The van der Waals surface area contributed by atoms with Crippen LogP contribution in [0.5, 0.6) is 0 Å². The van der Waals surface area contributed by atoms with Crippen LogP contribution < -0.4 is 4.72 Å². The monoisotopic (exact) mass is 510 g/mol. The minimum Gasteiger partial charge on any atom is -0.379 e. The first-order chi connectivity index (χ1) is 17.4. The number of nitrogens with one attached hydrogen (secondary N) is 1. The van der Waals surface area contributed by atoms with E-state index in [0.717, 1.165) is 13.1 Å². The molecular weight excluding hydrogens is 486 g/mol. The molecule has 1 aliphatic rings. The molecule has 2 heterocycles. The fourth-order valence-electron chi connectivity index (χ4n) is 4.07. The smallest absolute Gasteiger partial charge is 0.240 e. The van der Waals surface area contributed by atoms with Crippen LogP contribution in [0.4, 0.5) is 8.78 Å². The summed E-state index contributed by atoms with van der Waals surface area (Å²) < 4.78 is 61.0. The maximum atomic E-state index is 13.6. The fourth-order valence-corrected chi connectivity index (χ4v) is 5.11. The highest BCUT2D eigenvalue weighted by Crippen LogP contribution is 2.32. The maximum Gasteiger partial charge on any atom is 0.240 e. The summed E-state index contributed by atoms with van der Waals surface area (Å²) in [7, 11) is -3.77. The zero-order valence-electron chi connectivity index (χ0n) is 19.3. The molecule has 0 unspecified atom stereocenters. The van der Waals surface area contributed by atoms with Gasteiger partial charge in [0.25, 0.3) is 0 Å². The standard InChI is InChI=1S/C26H24F2N4O3S/c27-20-5-1-18(2-6-20)25-26(19-3-7-21(28)8-4-19)31-24-17-22(9-10-23(24)30-25)36(33,34)29-11-12-32-13-15-35-16-14-32/h1-10,17,29H,11-16H2. The van der Waals surface area contributed by atoms with Crippen molar-refractivity contribution in [3.05, 3.63) is 78.4 Å². The zero-order valence-corrected chi connectivity index (χ0v) is 20.1. The quantitative estimate of drug-likeness (QED) is 0.407. The Morgan fingerprint density at radius 2 is 1.36 bits per heavy atom. The largest absolute Gasteiger partial charge is 0.379 e. The summed E-state index contributed by atoms with van der Waals surface area (Å²) in [6.07, 6.45) is 0. The third-order valence-electron chi connectivity index (χ3n) is 6.01. The number of halogens is 2. The van der Waals surface area contributed by atoms with Crippen molar-refractivity contribution in [2.24, 2.45) is 0 Å². The van der Waals surface area contributed by atoms with Gasteiger partial charge in [-0.05, 0) is 66.7 Å². The summed E-state index contributed by atoms with van der Waals surface area (Å²) in [5.41, 5.74) is 3.00. The van der Waals surface area contributed by atoms with Gasteiger partial charge in [0.2, 0.25) is 10.0 Å². The number of hydrogen-bond donors (Lipinski definition) is 1. The lowest BCUT2D eigenvalue weighted by Crippen LogP contribution is -2.41. The SMILES string of the molecule is O=S(=O)(NCCN1CCOCC1)c1ccc2nc(-c3ccc(F)cc3)c(-c3ccc(F)cc3)nc2c1. The first-order valence-electron chi connectivity index (χ1n) is 11.5. The molecule has 186 valence electrons. The fraction of sp³-hybridized carbons (Fsp3) is 0.231. The van der Waals surface area contributed by atoms with Gasteiger partial charge in [-0.1, -0.05) is 0 Å². The van der Waals surface area contributed by atoms with Crippen molar-refractivity contribution in [3.8, 4) is 22.5 Å². The van der Waals surface area contributed by atoms with E-state index >= 15 is 0 Å². The molecule has 10 heteroatoms. The third-order valence-corrected chi connectivity index (χ3v) is 7.46. The highest BCUT2D eigenvalue weighted by atomic mass is 32.2. The van der Waals surface area contributed by atoms with Gasteiger partial charge in [0.05, 0.1) is 40.5 Å². The van der Waals surface area contributed by atoms with Crippen LogP contribution in [-0.2, 0) is 14.8 Å². The molecule has 0 bridgehead atoms. The van der Waals surface area contributed by atoms with E-state index in [1.807, 2.05) is 0 Å². The second-order valence-electron chi connectivity index (χ2n) is 8.44. The van der Waals surface area contributed by atoms with Crippen LogP contribution in [0.15, 0.2) is 71.6 Å². The number of ether oxygens (including phenoxy) is 1. The molecule has 1 aromatic heterocycles. The molecule has 5 rings (SSSR count). The van der Waals surface area contributed by atoms with E-state index in [0.29, 0.717) is 53.3 Å². The second-order valence-corrected chi connectivity index (χ2v) is 10.2. The lowest BCUT2D eigenvalue weighted by molar-refractivity contribution is 0.0390. The summed E-state index contributed by atoms with van der Waals surface area (Å²) in [6.45, 7) is 3.70. The van der Waals surface area contributed by atoms with E-state index in [2.05, 4.69) is 9.62 Å². The molecule has 36 heavy (non-hydrogen) atoms. The van der Waals surface area contributed by atoms with Crippen LogP contribution in [0, 0.1) is 11.6 Å². The average molecular weight is 511 g/mol. The van der Waals surface area contributed by atoms with E-state index in [1.54, 1.807) is 30.3 Å². The van der Waals surface area contributed by atoms with Crippen LogP contribution in [0.3, 0.4) is 0 Å². The Kier molecular flexibility index (Phi) is 7.01. The molecule has 0 amide bonds. The molecule has 1 fully saturated rings. The maximum absolute atomic E-state index is 13.6. The van der Waals surface area contributed by atoms with Crippen molar-refractivity contribution < 1.29 is 21.9 Å². The summed E-state index contributed by atoms with van der Waals surface area (Å²) >= 11 is 0. The number of sulfonamides is 1. The molecule has 0 aliphatic carbocycles. The Bertz CT molecular complexity index is 1470. The molecule has 0 atom stereocenters. The minimum atomic E-state index is -3.77. The van der Waals surface area contributed by atoms with Crippen LogP contribution in [0.25, 0.3) is 33.5 Å². The molecular formula is C26H24F2N4O3S. The zero-order chi connectivity index (χ0) is 25.1. The van der Waals surface area contributed by atoms with Crippen molar-refractivity contribution in [3.63, 3.8) is 0 Å². The molecule has 7 nitrogen and oxygen atoms in total. The second kappa shape index (κ2) is 10.4. The third kappa shape index (κ3) is 5.41. The average Bonchev–Trinajstić information content (AvgIpc) is 2.89. The van der Waals surface area contributed by atoms with Gasteiger partial charge in [-0.3, -0.25) is 4.90 Å². The number of aromatic nitrogens is 2. The first-order valence-corrected chi connectivity index (χ1v) is 13.0. The topological polar surface area (TPSA) is 84.4 Å². The predicted octanol–water partition coefficient (Wildman–Crippen LogP) is 3.85. The Labute approximate surface area is 207 Å². The van der Waals surface area contributed by atoms with Crippen LogP contribution in [0.1, 0.15) is 0 Å². The summed E-state index contributed by atoms with van der Waals surface area (Å²) in [5.74, 6) is -0.779. The molecule has 1 N–H and O–H groups in total.